The molecule has 0 N–H and O–H groups in total. The Morgan fingerprint density at radius 2 is 1.91 bits per heavy atom. The molecule has 2 heterocycles. The van der Waals surface area contributed by atoms with Crippen LogP contribution in [0.3, 0.4) is 0 Å². The minimum absolute atomic E-state index is 0.00833. The molecule has 1 aromatic heterocycles. The van der Waals surface area contributed by atoms with Gasteiger partial charge in [-0.1, -0.05) is 12.1 Å². The predicted molar refractivity (Wildman–Crippen MR) is 133 cm³/mol. The van der Waals surface area contributed by atoms with E-state index in [1.165, 1.54) is 12.2 Å². The monoisotopic (exact) mass is 484 g/mol. The average molecular weight is 485 g/mol. The van der Waals surface area contributed by atoms with Crippen LogP contribution in [0.25, 0.3) is 0 Å². The highest BCUT2D eigenvalue weighted by atomic mass is 16.7. The molecule has 9 heteroatoms. The van der Waals surface area contributed by atoms with E-state index in [0.29, 0.717) is 37.7 Å². The van der Waals surface area contributed by atoms with Gasteiger partial charge in [0.2, 0.25) is 5.88 Å². The van der Waals surface area contributed by atoms with Crippen molar-refractivity contribution >= 4 is 17.8 Å². The van der Waals surface area contributed by atoms with E-state index in [4.69, 9.17) is 14.3 Å². The van der Waals surface area contributed by atoms with Crippen molar-refractivity contribution in [3.05, 3.63) is 53.1 Å². The summed E-state index contributed by atoms with van der Waals surface area (Å²) in [5, 5.41) is 1.19. The number of pyridine rings is 1. The van der Waals surface area contributed by atoms with E-state index in [1.807, 2.05) is 65.0 Å². The molecule has 9 nitrogen and oxygen atoms in total. The van der Waals surface area contributed by atoms with Crippen molar-refractivity contribution in [3.8, 4) is 5.88 Å². The third kappa shape index (κ3) is 6.85. The first-order valence-electron chi connectivity index (χ1n) is 11.7. The Hall–Kier alpha value is -3.33. The zero-order chi connectivity index (χ0) is 25.8. The molecular formula is C26H36N4O5. The van der Waals surface area contributed by atoms with Gasteiger partial charge in [0.15, 0.2) is 0 Å². The molecule has 2 amide bonds. The Morgan fingerprint density at radius 3 is 2.54 bits per heavy atom. The number of hydrogen-bond donors (Lipinski definition) is 0. The highest BCUT2D eigenvalue weighted by Gasteiger charge is 2.31. The van der Waals surface area contributed by atoms with E-state index < -0.39 is 5.60 Å². The van der Waals surface area contributed by atoms with Crippen LogP contribution in [0.15, 0.2) is 36.4 Å². The van der Waals surface area contributed by atoms with Crippen LogP contribution in [0.5, 0.6) is 5.88 Å². The molecule has 0 bridgehead atoms. The Labute approximate surface area is 207 Å². The van der Waals surface area contributed by atoms with Gasteiger partial charge in [0, 0.05) is 44.4 Å². The number of carbonyl (C=O) groups is 2. The number of ether oxygens (including phenoxy) is 2. The fourth-order valence-corrected chi connectivity index (χ4v) is 3.83. The van der Waals surface area contributed by atoms with E-state index >= 15 is 0 Å². The second kappa shape index (κ2) is 10.9. The molecule has 0 aliphatic carbocycles. The molecule has 0 saturated carbocycles. The van der Waals surface area contributed by atoms with Crippen LogP contribution in [0.2, 0.25) is 0 Å². The maximum atomic E-state index is 12.5. The molecule has 35 heavy (non-hydrogen) atoms. The minimum Gasteiger partial charge on any atom is -0.473 e. The Morgan fingerprint density at radius 1 is 1.17 bits per heavy atom. The lowest BCUT2D eigenvalue weighted by Gasteiger charge is -2.40. The van der Waals surface area contributed by atoms with Gasteiger partial charge in [-0.25, -0.2) is 9.86 Å². The van der Waals surface area contributed by atoms with Crippen LogP contribution in [-0.4, -0.2) is 72.4 Å². The third-order valence-electron chi connectivity index (χ3n) is 5.81. The van der Waals surface area contributed by atoms with Crippen molar-refractivity contribution in [2.45, 2.75) is 52.9 Å². The number of carbonyl (C=O) groups excluding carboxylic acids is 2. The molecule has 1 unspecified atom stereocenters. The average Bonchev–Trinajstić information content (AvgIpc) is 2.81. The number of rotatable bonds is 6. The Balaban J connectivity index is 1.61. The molecule has 0 radical (unpaired) electrons. The van der Waals surface area contributed by atoms with Crippen molar-refractivity contribution in [1.29, 1.82) is 0 Å². The summed E-state index contributed by atoms with van der Waals surface area (Å²) in [5.41, 5.74) is 1.95. The van der Waals surface area contributed by atoms with Gasteiger partial charge in [-0.15, -0.1) is 0 Å². The van der Waals surface area contributed by atoms with E-state index in [-0.39, 0.29) is 18.0 Å². The van der Waals surface area contributed by atoms with E-state index in [9.17, 15) is 9.59 Å². The summed E-state index contributed by atoms with van der Waals surface area (Å²) < 4.78 is 11.5. The molecule has 1 aliphatic heterocycles. The maximum Gasteiger partial charge on any atom is 0.410 e. The second-order valence-electron chi connectivity index (χ2n) is 9.72. The molecular weight excluding hydrogens is 448 g/mol. The van der Waals surface area contributed by atoms with Crippen LogP contribution in [0, 0.1) is 6.92 Å². The number of benzene rings is 1. The topological polar surface area (TPSA) is 84.4 Å². The van der Waals surface area contributed by atoms with Gasteiger partial charge >= 0.3 is 6.09 Å². The quantitative estimate of drug-likeness (QED) is 0.572. The summed E-state index contributed by atoms with van der Waals surface area (Å²) in [4.78, 5) is 38.3. The Bertz CT molecular complexity index is 1050. The zero-order valence-electron chi connectivity index (χ0n) is 21.7. The van der Waals surface area contributed by atoms with Crippen LogP contribution in [-0.2, 0) is 16.2 Å². The maximum absolute atomic E-state index is 12.5. The number of anilines is 1. The highest BCUT2D eigenvalue weighted by molar-refractivity contribution is 5.93. The van der Waals surface area contributed by atoms with Crippen LogP contribution >= 0.6 is 0 Å². The van der Waals surface area contributed by atoms with Gasteiger partial charge in [-0.2, -0.15) is 4.98 Å². The van der Waals surface area contributed by atoms with Gasteiger partial charge < -0.3 is 19.3 Å². The highest BCUT2D eigenvalue weighted by Crippen LogP contribution is 2.22. The first kappa shape index (κ1) is 26.3. The fraction of sp³-hybridized carbons (Fsp3) is 0.500. The number of aromatic nitrogens is 1. The molecule has 190 valence electrons. The van der Waals surface area contributed by atoms with Gasteiger partial charge in [-0.05, 0) is 63.9 Å². The third-order valence-corrected chi connectivity index (χ3v) is 5.81. The van der Waals surface area contributed by atoms with Gasteiger partial charge in [-0.3, -0.25) is 9.63 Å². The lowest BCUT2D eigenvalue weighted by molar-refractivity contribution is -0.0757. The largest absolute Gasteiger partial charge is 0.473 e. The van der Waals surface area contributed by atoms with Crippen molar-refractivity contribution < 1.29 is 23.9 Å². The van der Waals surface area contributed by atoms with E-state index in [2.05, 4.69) is 9.88 Å². The Kier molecular flexibility index (Phi) is 8.22. The number of nitrogens with zero attached hydrogens (tertiary/aromatic N) is 4. The number of piperazine rings is 1. The number of hydroxylamine groups is 2. The van der Waals surface area contributed by atoms with Crippen LogP contribution in [0.1, 0.15) is 49.2 Å². The summed E-state index contributed by atoms with van der Waals surface area (Å²) in [6.07, 6.45) is -0.286. The van der Waals surface area contributed by atoms with Crippen molar-refractivity contribution in [3.63, 3.8) is 0 Å². The number of hydrogen-bond acceptors (Lipinski definition) is 7. The standard InChI is InChI=1S/C26H36N4O5/c1-18-15-20(24(31)28(6)33-7)11-12-21(18)17-34-23-10-8-9-22(27-23)29-13-14-30(19(2)16-29)25(32)35-26(3,4)5/h8-12,15,19H,13-14,16-17H2,1-7H3. The summed E-state index contributed by atoms with van der Waals surface area (Å²) in [6, 6.07) is 11.1. The van der Waals surface area contributed by atoms with Gasteiger partial charge in [0.05, 0.1) is 7.11 Å². The molecule has 1 fully saturated rings. The first-order chi connectivity index (χ1) is 16.5. The minimum atomic E-state index is -0.518. The van der Waals surface area contributed by atoms with Crippen LogP contribution < -0.4 is 9.64 Å². The molecule has 1 aromatic carbocycles. The summed E-state index contributed by atoms with van der Waals surface area (Å²) in [5.74, 6) is 1.11. The van der Waals surface area contributed by atoms with Crippen molar-refractivity contribution in [2.24, 2.45) is 0 Å². The van der Waals surface area contributed by atoms with Crippen molar-refractivity contribution in [2.75, 3.05) is 38.7 Å². The number of amides is 2. The molecule has 2 aromatic rings. The van der Waals surface area contributed by atoms with Crippen LogP contribution in [0.4, 0.5) is 10.6 Å². The molecule has 1 saturated heterocycles. The molecule has 3 rings (SSSR count). The van der Waals surface area contributed by atoms with E-state index in [0.717, 1.165) is 16.9 Å². The predicted octanol–water partition coefficient (Wildman–Crippen LogP) is 4.05. The van der Waals surface area contributed by atoms with Gasteiger partial charge in [0.25, 0.3) is 5.91 Å². The summed E-state index contributed by atoms with van der Waals surface area (Å²) in [7, 11) is 3.03. The lowest BCUT2D eigenvalue weighted by atomic mass is 10.1. The second-order valence-corrected chi connectivity index (χ2v) is 9.72. The smallest absolute Gasteiger partial charge is 0.410 e. The lowest BCUT2D eigenvalue weighted by Crippen LogP contribution is -2.55. The molecule has 0 spiro atoms. The SMILES string of the molecule is CON(C)C(=O)c1ccc(COc2cccc(N3CCN(C(=O)OC(C)(C)C)C(C)C3)n2)c(C)c1. The first-order valence-corrected chi connectivity index (χ1v) is 11.7. The van der Waals surface area contributed by atoms with Gasteiger partial charge in [0.1, 0.15) is 18.0 Å². The summed E-state index contributed by atoms with van der Waals surface area (Å²) >= 11 is 0. The summed E-state index contributed by atoms with van der Waals surface area (Å²) in [6.45, 7) is 11.8. The van der Waals surface area contributed by atoms with E-state index in [1.54, 1.807) is 18.0 Å². The molecule has 1 aliphatic rings. The fourth-order valence-electron chi connectivity index (χ4n) is 3.83. The normalized spacial score (nSPS) is 16.1. The van der Waals surface area contributed by atoms with Crippen molar-refractivity contribution in [1.82, 2.24) is 14.9 Å². The number of aryl methyl sites for hydroxylation is 1. The molecule has 1 atom stereocenters. The zero-order valence-corrected chi connectivity index (χ0v) is 21.7.